The van der Waals surface area contributed by atoms with E-state index in [1.165, 1.54) is 24.3 Å². The first-order valence-electron chi connectivity index (χ1n) is 7.92. The number of rotatable bonds is 5. The molecular formula is C19H15FN2O4. The number of furan rings is 1. The Morgan fingerprint density at radius 2 is 1.85 bits per heavy atom. The van der Waals surface area contributed by atoms with Crippen molar-refractivity contribution in [3.63, 3.8) is 0 Å². The molecule has 0 bridgehead atoms. The summed E-state index contributed by atoms with van der Waals surface area (Å²) >= 11 is 0. The third kappa shape index (κ3) is 2.99. The molecule has 0 N–H and O–H groups in total. The van der Waals surface area contributed by atoms with Crippen molar-refractivity contribution in [2.45, 2.75) is 13.5 Å². The van der Waals surface area contributed by atoms with Crippen molar-refractivity contribution < 1.29 is 22.8 Å². The second-order valence-corrected chi connectivity index (χ2v) is 5.67. The number of ether oxygens (including phenoxy) is 2. The number of halogens is 1. The van der Waals surface area contributed by atoms with Crippen LogP contribution in [0, 0.1) is 12.7 Å². The van der Waals surface area contributed by atoms with Gasteiger partial charge in [0.1, 0.15) is 22.9 Å². The molecule has 0 aliphatic rings. The highest BCUT2D eigenvalue weighted by Gasteiger charge is 2.18. The van der Waals surface area contributed by atoms with Crippen LogP contribution >= 0.6 is 0 Å². The molecule has 0 amide bonds. The molecule has 0 fully saturated rings. The van der Waals surface area contributed by atoms with Gasteiger partial charge in [0.25, 0.3) is 5.89 Å². The molecule has 0 aliphatic carbocycles. The third-order valence-electron chi connectivity index (χ3n) is 3.99. The van der Waals surface area contributed by atoms with E-state index in [1.807, 2.05) is 25.1 Å². The SMILES string of the molecule is COc1ccc2oc(-c3noc(COc4ccc(F)cc4)n3)c(C)c2c1. The van der Waals surface area contributed by atoms with E-state index in [2.05, 4.69) is 10.1 Å². The van der Waals surface area contributed by atoms with Crippen LogP contribution in [0.25, 0.3) is 22.6 Å². The summed E-state index contributed by atoms with van der Waals surface area (Å²) in [5.41, 5.74) is 1.61. The minimum atomic E-state index is -0.325. The maximum atomic E-state index is 12.9. The van der Waals surface area contributed by atoms with Gasteiger partial charge in [0.2, 0.25) is 5.82 Å². The summed E-state index contributed by atoms with van der Waals surface area (Å²) in [5, 5.41) is 4.88. The van der Waals surface area contributed by atoms with Crippen LogP contribution in [0.15, 0.2) is 51.4 Å². The van der Waals surface area contributed by atoms with E-state index in [9.17, 15) is 4.39 Å². The summed E-state index contributed by atoms with van der Waals surface area (Å²) in [6.45, 7) is 2.00. The van der Waals surface area contributed by atoms with Crippen LogP contribution in [-0.2, 0) is 6.61 Å². The van der Waals surface area contributed by atoms with Gasteiger partial charge in [-0.3, -0.25) is 0 Å². The molecule has 132 valence electrons. The maximum absolute atomic E-state index is 12.9. The van der Waals surface area contributed by atoms with E-state index in [-0.39, 0.29) is 12.4 Å². The number of aryl methyl sites for hydroxylation is 1. The Hall–Kier alpha value is -3.35. The van der Waals surface area contributed by atoms with Crippen LogP contribution in [0.5, 0.6) is 11.5 Å². The van der Waals surface area contributed by atoms with E-state index in [1.54, 1.807) is 7.11 Å². The molecule has 26 heavy (non-hydrogen) atoms. The van der Waals surface area contributed by atoms with Gasteiger partial charge in [-0.15, -0.1) is 0 Å². The fraction of sp³-hybridized carbons (Fsp3) is 0.158. The Labute approximate surface area is 148 Å². The Morgan fingerprint density at radius 1 is 1.08 bits per heavy atom. The standard InChI is InChI=1S/C19H15FN2O4/c1-11-15-9-14(23-2)7-8-16(15)25-18(11)19-21-17(26-22-19)10-24-13-5-3-12(20)4-6-13/h3-9H,10H2,1-2H3. The van der Waals surface area contributed by atoms with Crippen LogP contribution in [0.2, 0.25) is 0 Å². The minimum Gasteiger partial charge on any atom is -0.497 e. The lowest BCUT2D eigenvalue weighted by atomic mass is 10.1. The average molecular weight is 354 g/mol. The molecular weight excluding hydrogens is 339 g/mol. The van der Waals surface area contributed by atoms with Gasteiger partial charge in [0, 0.05) is 10.9 Å². The predicted octanol–water partition coefficient (Wildman–Crippen LogP) is 4.52. The molecule has 0 unspecified atom stereocenters. The monoisotopic (exact) mass is 354 g/mol. The fourth-order valence-corrected chi connectivity index (χ4v) is 2.62. The zero-order chi connectivity index (χ0) is 18.1. The van der Waals surface area contributed by atoms with Gasteiger partial charge in [-0.1, -0.05) is 5.16 Å². The van der Waals surface area contributed by atoms with E-state index < -0.39 is 0 Å². The van der Waals surface area contributed by atoms with Crippen LogP contribution in [-0.4, -0.2) is 17.3 Å². The highest BCUT2D eigenvalue weighted by atomic mass is 19.1. The van der Waals surface area contributed by atoms with Gasteiger partial charge < -0.3 is 18.4 Å². The molecule has 4 aromatic rings. The summed E-state index contributed by atoms with van der Waals surface area (Å²) in [5.74, 6) is 2.10. The first-order valence-corrected chi connectivity index (χ1v) is 7.92. The fourth-order valence-electron chi connectivity index (χ4n) is 2.62. The Bertz CT molecular complexity index is 1050. The van der Waals surface area contributed by atoms with Crippen molar-refractivity contribution in [1.82, 2.24) is 10.1 Å². The Balaban J connectivity index is 1.56. The van der Waals surface area contributed by atoms with E-state index in [4.69, 9.17) is 18.4 Å². The molecule has 0 atom stereocenters. The predicted molar refractivity (Wildman–Crippen MR) is 91.5 cm³/mol. The molecule has 7 heteroatoms. The van der Waals surface area contributed by atoms with Gasteiger partial charge in [-0.05, 0) is 49.4 Å². The molecule has 0 saturated carbocycles. The maximum Gasteiger partial charge on any atom is 0.264 e. The highest BCUT2D eigenvalue weighted by Crippen LogP contribution is 2.33. The molecule has 0 saturated heterocycles. The van der Waals surface area contributed by atoms with E-state index in [0.717, 1.165) is 16.7 Å². The molecule has 0 aliphatic heterocycles. The summed E-state index contributed by atoms with van der Waals surface area (Å²) in [6.07, 6.45) is 0. The molecule has 0 radical (unpaired) electrons. The second kappa shape index (κ2) is 6.51. The number of hydrogen-bond acceptors (Lipinski definition) is 6. The van der Waals surface area contributed by atoms with Gasteiger partial charge in [-0.2, -0.15) is 4.98 Å². The summed E-state index contributed by atoms with van der Waals surface area (Å²) in [7, 11) is 1.62. The third-order valence-corrected chi connectivity index (χ3v) is 3.99. The number of aromatic nitrogens is 2. The van der Waals surface area contributed by atoms with Crippen molar-refractivity contribution in [3.8, 4) is 23.1 Å². The number of hydrogen-bond donors (Lipinski definition) is 0. The second-order valence-electron chi connectivity index (χ2n) is 5.67. The quantitative estimate of drug-likeness (QED) is 0.525. The van der Waals surface area contributed by atoms with Gasteiger partial charge in [0.15, 0.2) is 12.4 Å². The van der Waals surface area contributed by atoms with Crippen LogP contribution in [0.1, 0.15) is 11.5 Å². The van der Waals surface area contributed by atoms with Crippen LogP contribution < -0.4 is 9.47 Å². The topological polar surface area (TPSA) is 70.5 Å². The van der Waals surface area contributed by atoms with Crippen LogP contribution in [0.3, 0.4) is 0 Å². The molecule has 4 rings (SSSR count). The zero-order valence-corrected chi connectivity index (χ0v) is 14.2. The van der Waals surface area contributed by atoms with Crippen molar-refractivity contribution in [1.29, 1.82) is 0 Å². The summed E-state index contributed by atoms with van der Waals surface area (Å²) in [4.78, 5) is 4.31. The largest absolute Gasteiger partial charge is 0.497 e. The first-order chi connectivity index (χ1) is 12.6. The van der Waals surface area contributed by atoms with Crippen molar-refractivity contribution in [2.75, 3.05) is 7.11 Å². The molecule has 2 heterocycles. The Morgan fingerprint density at radius 3 is 2.62 bits per heavy atom. The average Bonchev–Trinajstić information content (AvgIpc) is 3.25. The Kier molecular flexibility index (Phi) is 4.04. The highest BCUT2D eigenvalue weighted by molar-refractivity contribution is 5.87. The summed E-state index contributed by atoms with van der Waals surface area (Å²) < 4.78 is 34.7. The number of nitrogens with zero attached hydrogens (tertiary/aromatic N) is 2. The normalized spacial score (nSPS) is 11.0. The summed E-state index contributed by atoms with van der Waals surface area (Å²) in [6, 6.07) is 11.3. The zero-order valence-electron chi connectivity index (χ0n) is 14.2. The van der Waals surface area contributed by atoms with Crippen molar-refractivity contribution in [3.05, 3.63) is 59.7 Å². The van der Waals surface area contributed by atoms with Crippen molar-refractivity contribution in [2.24, 2.45) is 0 Å². The lowest BCUT2D eigenvalue weighted by Crippen LogP contribution is -1.95. The first kappa shape index (κ1) is 16.1. The minimum absolute atomic E-state index is 0.0751. The lowest BCUT2D eigenvalue weighted by molar-refractivity contribution is 0.242. The lowest BCUT2D eigenvalue weighted by Gasteiger charge is -2.01. The van der Waals surface area contributed by atoms with E-state index >= 15 is 0 Å². The van der Waals surface area contributed by atoms with Gasteiger partial charge in [-0.25, -0.2) is 4.39 Å². The van der Waals surface area contributed by atoms with E-state index in [0.29, 0.717) is 28.8 Å². The smallest absolute Gasteiger partial charge is 0.264 e. The molecule has 0 spiro atoms. The number of methoxy groups -OCH3 is 1. The molecule has 2 aromatic carbocycles. The molecule has 6 nitrogen and oxygen atoms in total. The van der Waals surface area contributed by atoms with Gasteiger partial charge >= 0.3 is 0 Å². The van der Waals surface area contributed by atoms with Crippen molar-refractivity contribution >= 4 is 11.0 Å². The number of fused-ring (bicyclic) bond motifs is 1. The number of benzene rings is 2. The van der Waals surface area contributed by atoms with Crippen LogP contribution in [0.4, 0.5) is 4.39 Å². The van der Waals surface area contributed by atoms with Gasteiger partial charge in [0.05, 0.1) is 7.11 Å². The molecule has 2 aromatic heterocycles.